The third kappa shape index (κ3) is 4.75. The molecule has 0 amide bonds. The smallest absolute Gasteiger partial charge is 0.406 e. The number of hydrogen-bond acceptors (Lipinski definition) is 3. The zero-order valence-corrected chi connectivity index (χ0v) is 11.8. The van der Waals surface area contributed by atoms with Crippen molar-refractivity contribution in [3.63, 3.8) is 0 Å². The van der Waals surface area contributed by atoms with Crippen molar-refractivity contribution >= 4 is 23.2 Å². The van der Waals surface area contributed by atoms with Crippen molar-refractivity contribution < 1.29 is 22.7 Å². The number of carbonyl (C=O) groups excluding carboxylic acids is 1. The van der Waals surface area contributed by atoms with Gasteiger partial charge in [-0.05, 0) is 48.9 Å². The second-order valence-electron chi connectivity index (χ2n) is 4.22. The Hall–Kier alpha value is -2.08. The van der Waals surface area contributed by atoms with Gasteiger partial charge in [-0.2, -0.15) is 0 Å². The number of ketones is 1. The lowest BCUT2D eigenvalue weighted by atomic mass is 10.2. The summed E-state index contributed by atoms with van der Waals surface area (Å²) in [6, 6.07) is 9.38. The summed E-state index contributed by atoms with van der Waals surface area (Å²) in [4.78, 5) is 12.5. The van der Waals surface area contributed by atoms with Gasteiger partial charge in [0.15, 0.2) is 5.78 Å². The van der Waals surface area contributed by atoms with Crippen LogP contribution in [0, 0.1) is 0 Å². The number of hydrogen-bond donors (Lipinski definition) is 0. The van der Waals surface area contributed by atoms with E-state index in [1.165, 1.54) is 42.5 Å². The summed E-state index contributed by atoms with van der Waals surface area (Å²) in [5.74, 6) is -0.320. The second kappa shape index (κ2) is 6.13. The first-order valence-electron chi connectivity index (χ1n) is 5.98. The third-order valence-corrected chi connectivity index (χ3v) is 3.56. The highest BCUT2D eigenvalue weighted by Gasteiger charge is 2.31. The molecule has 1 aromatic carbocycles. The molecule has 6 heteroatoms. The van der Waals surface area contributed by atoms with Crippen LogP contribution in [-0.2, 0) is 4.79 Å². The van der Waals surface area contributed by atoms with Gasteiger partial charge in [-0.15, -0.1) is 24.5 Å². The van der Waals surface area contributed by atoms with Gasteiger partial charge in [0.1, 0.15) is 5.75 Å². The molecule has 0 bridgehead atoms. The fourth-order valence-electron chi connectivity index (χ4n) is 1.64. The number of ether oxygens (including phenoxy) is 1. The molecule has 1 heterocycles. The van der Waals surface area contributed by atoms with E-state index in [1.807, 2.05) is 0 Å². The summed E-state index contributed by atoms with van der Waals surface area (Å²) in [6.45, 7) is 1.45. The van der Waals surface area contributed by atoms with Crippen molar-refractivity contribution in [2.75, 3.05) is 0 Å². The number of carbonyl (C=O) groups is 1. The van der Waals surface area contributed by atoms with Crippen LogP contribution in [-0.4, -0.2) is 12.1 Å². The Bertz CT molecular complexity index is 672. The maximum atomic E-state index is 12.2. The van der Waals surface area contributed by atoms with E-state index in [4.69, 9.17) is 0 Å². The molecule has 1 aromatic heterocycles. The molecule has 2 nitrogen and oxygen atoms in total. The molecule has 0 aliphatic heterocycles. The van der Waals surface area contributed by atoms with Crippen molar-refractivity contribution in [2.45, 2.75) is 13.3 Å². The minimum absolute atomic E-state index is 0.0643. The van der Waals surface area contributed by atoms with Gasteiger partial charge < -0.3 is 4.74 Å². The summed E-state index contributed by atoms with van der Waals surface area (Å²) in [5.41, 5.74) is 0.629. The molecule has 0 spiro atoms. The SMILES string of the molecule is CC(=O)/C=C/c1ccc(-c2cccc(OC(F)(F)F)c2)s1. The number of thiophene rings is 1. The lowest BCUT2D eigenvalue weighted by Gasteiger charge is -2.09. The molecule has 0 radical (unpaired) electrons. The van der Waals surface area contributed by atoms with Crippen LogP contribution in [0.1, 0.15) is 11.8 Å². The van der Waals surface area contributed by atoms with Crippen molar-refractivity contribution in [2.24, 2.45) is 0 Å². The van der Waals surface area contributed by atoms with Gasteiger partial charge in [0.25, 0.3) is 0 Å². The average molecular weight is 312 g/mol. The number of allylic oxidation sites excluding steroid dienone is 1. The fraction of sp³-hybridized carbons (Fsp3) is 0.133. The number of rotatable bonds is 4. The Morgan fingerprint density at radius 1 is 1.24 bits per heavy atom. The Labute approximate surface area is 123 Å². The first kappa shape index (κ1) is 15.3. The molecule has 0 unspecified atom stereocenters. The molecular formula is C15H11F3O2S. The van der Waals surface area contributed by atoms with Gasteiger partial charge in [-0.3, -0.25) is 4.79 Å². The summed E-state index contributed by atoms with van der Waals surface area (Å²) in [5, 5.41) is 0. The molecule has 0 saturated heterocycles. The Balaban J connectivity index is 2.22. The number of halogens is 3. The van der Waals surface area contributed by atoms with E-state index in [2.05, 4.69) is 4.74 Å². The Morgan fingerprint density at radius 2 is 2.00 bits per heavy atom. The van der Waals surface area contributed by atoms with Crippen LogP contribution in [0.2, 0.25) is 0 Å². The van der Waals surface area contributed by atoms with Gasteiger partial charge in [0, 0.05) is 9.75 Å². The molecule has 0 atom stereocenters. The van der Waals surface area contributed by atoms with Crippen LogP contribution in [0.4, 0.5) is 13.2 Å². The topological polar surface area (TPSA) is 26.3 Å². The lowest BCUT2D eigenvalue weighted by Crippen LogP contribution is -2.17. The van der Waals surface area contributed by atoms with Crippen molar-refractivity contribution in [3.05, 3.63) is 47.4 Å². The molecule has 0 aliphatic rings. The van der Waals surface area contributed by atoms with E-state index in [0.717, 1.165) is 9.75 Å². The van der Waals surface area contributed by atoms with E-state index in [9.17, 15) is 18.0 Å². The second-order valence-corrected chi connectivity index (χ2v) is 5.34. The highest BCUT2D eigenvalue weighted by atomic mass is 32.1. The third-order valence-electron chi connectivity index (χ3n) is 2.46. The molecule has 2 aromatic rings. The zero-order chi connectivity index (χ0) is 15.5. The minimum Gasteiger partial charge on any atom is -0.406 e. The maximum Gasteiger partial charge on any atom is 0.573 e. The molecule has 21 heavy (non-hydrogen) atoms. The molecule has 0 fully saturated rings. The quantitative estimate of drug-likeness (QED) is 0.749. The minimum atomic E-state index is -4.70. The van der Waals surface area contributed by atoms with Crippen LogP contribution in [0.5, 0.6) is 5.75 Å². The number of benzene rings is 1. The lowest BCUT2D eigenvalue weighted by molar-refractivity contribution is -0.274. The fourth-order valence-corrected chi connectivity index (χ4v) is 2.55. The van der Waals surface area contributed by atoms with E-state index >= 15 is 0 Å². The summed E-state index contributed by atoms with van der Waals surface area (Å²) < 4.78 is 40.5. The van der Waals surface area contributed by atoms with Crippen LogP contribution in [0.3, 0.4) is 0 Å². The normalized spacial score (nSPS) is 11.8. The molecule has 0 saturated carbocycles. The van der Waals surface area contributed by atoms with Gasteiger partial charge in [0.2, 0.25) is 0 Å². The predicted octanol–water partition coefficient (Wildman–Crippen LogP) is 4.92. The predicted molar refractivity (Wildman–Crippen MR) is 76.2 cm³/mol. The van der Waals surface area contributed by atoms with Crippen molar-refractivity contribution in [3.8, 4) is 16.2 Å². The average Bonchev–Trinajstić information content (AvgIpc) is 2.83. The van der Waals surface area contributed by atoms with E-state index in [1.54, 1.807) is 24.3 Å². The van der Waals surface area contributed by atoms with Gasteiger partial charge in [0.05, 0.1) is 0 Å². The first-order valence-corrected chi connectivity index (χ1v) is 6.80. The van der Waals surface area contributed by atoms with E-state index in [-0.39, 0.29) is 11.5 Å². The van der Waals surface area contributed by atoms with Gasteiger partial charge in [-0.25, -0.2) is 0 Å². The highest BCUT2D eigenvalue weighted by Crippen LogP contribution is 2.32. The maximum absolute atomic E-state index is 12.2. The molecule has 110 valence electrons. The van der Waals surface area contributed by atoms with E-state index < -0.39 is 6.36 Å². The largest absolute Gasteiger partial charge is 0.573 e. The monoisotopic (exact) mass is 312 g/mol. The first-order chi connectivity index (χ1) is 9.83. The zero-order valence-electron chi connectivity index (χ0n) is 11.0. The Kier molecular flexibility index (Phi) is 4.47. The molecule has 2 rings (SSSR count). The van der Waals surface area contributed by atoms with Crippen molar-refractivity contribution in [1.29, 1.82) is 0 Å². The van der Waals surface area contributed by atoms with Crippen LogP contribution in [0.25, 0.3) is 16.5 Å². The van der Waals surface area contributed by atoms with Gasteiger partial charge in [-0.1, -0.05) is 12.1 Å². The molecule has 0 aliphatic carbocycles. The summed E-state index contributed by atoms with van der Waals surface area (Å²) in [6.07, 6.45) is -1.59. The molecular weight excluding hydrogens is 301 g/mol. The Morgan fingerprint density at radius 3 is 2.67 bits per heavy atom. The summed E-state index contributed by atoms with van der Waals surface area (Å²) in [7, 11) is 0. The van der Waals surface area contributed by atoms with Crippen molar-refractivity contribution in [1.82, 2.24) is 0 Å². The van der Waals surface area contributed by atoms with Crippen LogP contribution >= 0.6 is 11.3 Å². The standard InChI is InChI=1S/C15H11F3O2S/c1-10(19)5-6-13-7-8-14(21-13)11-3-2-4-12(9-11)20-15(16,17)18/h2-9H,1H3/b6-5+. The molecule has 0 N–H and O–H groups in total. The number of alkyl halides is 3. The van der Waals surface area contributed by atoms with Crippen LogP contribution < -0.4 is 4.74 Å². The van der Waals surface area contributed by atoms with Crippen LogP contribution in [0.15, 0.2) is 42.5 Å². The summed E-state index contributed by atoms with van der Waals surface area (Å²) >= 11 is 1.38. The highest BCUT2D eigenvalue weighted by molar-refractivity contribution is 7.16. The van der Waals surface area contributed by atoms with E-state index in [0.29, 0.717) is 5.56 Å². The van der Waals surface area contributed by atoms with Gasteiger partial charge >= 0.3 is 6.36 Å².